The number of amides is 1. The zero-order valence-electron chi connectivity index (χ0n) is 13.5. The summed E-state index contributed by atoms with van der Waals surface area (Å²) >= 11 is 3.23. The first-order valence-corrected chi connectivity index (χ1v) is 7.80. The number of nitrogens with one attached hydrogen (secondary N) is 1. The highest BCUT2D eigenvalue weighted by Gasteiger charge is 2.11. The summed E-state index contributed by atoms with van der Waals surface area (Å²) in [5.41, 5.74) is 4.48. The summed E-state index contributed by atoms with van der Waals surface area (Å²) in [6.45, 7) is 1.92. The fourth-order valence-electron chi connectivity index (χ4n) is 2.04. The van der Waals surface area contributed by atoms with Crippen LogP contribution in [0.1, 0.15) is 21.5 Å². The number of carbonyl (C=O) groups is 1. The average Bonchev–Trinajstić information content (AvgIpc) is 2.57. The highest BCUT2D eigenvalue weighted by molar-refractivity contribution is 9.10. The van der Waals surface area contributed by atoms with E-state index >= 15 is 0 Å². The lowest BCUT2D eigenvalue weighted by Crippen LogP contribution is -2.18. The maximum absolute atomic E-state index is 12.2. The molecule has 0 spiro atoms. The van der Waals surface area contributed by atoms with Crippen molar-refractivity contribution in [2.75, 3.05) is 14.2 Å². The molecule has 0 saturated carbocycles. The number of aromatic hydroxyl groups is 1. The Bertz CT molecular complexity index is 790. The van der Waals surface area contributed by atoms with Gasteiger partial charge < -0.3 is 14.6 Å². The molecule has 2 N–H and O–H groups in total. The fourth-order valence-corrected chi connectivity index (χ4v) is 2.50. The molecular weight excluding hydrogens is 376 g/mol. The Hall–Kier alpha value is -2.54. The van der Waals surface area contributed by atoms with Gasteiger partial charge in [-0.05, 0) is 58.2 Å². The van der Waals surface area contributed by atoms with E-state index in [0.29, 0.717) is 27.1 Å². The Labute approximate surface area is 148 Å². The number of carbonyl (C=O) groups excluding carboxylic acids is 1. The summed E-state index contributed by atoms with van der Waals surface area (Å²) in [6, 6.07) is 8.53. The van der Waals surface area contributed by atoms with Crippen molar-refractivity contribution in [2.45, 2.75) is 6.92 Å². The van der Waals surface area contributed by atoms with Crippen LogP contribution < -0.4 is 14.9 Å². The molecule has 0 aliphatic heterocycles. The maximum atomic E-state index is 12.2. The first-order valence-electron chi connectivity index (χ1n) is 7.00. The zero-order valence-corrected chi connectivity index (χ0v) is 15.0. The van der Waals surface area contributed by atoms with E-state index in [-0.39, 0.29) is 11.7 Å². The fraction of sp³-hybridized carbons (Fsp3) is 0.176. The number of halogens is 1. The second-order valence-corrected chi connectivity index (χ2v) is 5.81. The SMILES string of the molecule is COc1cc(C)ccc1C(=O)N/N=C\c1cc(Br)c(O)c(OC)c1. The van der Waals surface area contributed by atoms with Gasteiger partial charge in [-0.3, -0.25) is 4.79 Å². The molecule has 0 bridgehead atoms. The van der Waals surface area contributed by atoms with Gasteiger partial charge >= 0.3 is 0 Å². The molecule has 1 amide bonds. The largest absolute Gasteiger partial charge is 0.503 e. The number of nitrogens with zero attached hydrogens (tertiary/aromatic N) is 1. The van der Waals surface area contributed by atoms with Crippen LogP contribution in [0.2, 0.25) is 0 Å². The lowest BCUT2D eigenvalue weighted by atomic mass is 10.1. The molecule has 24 heavy (non-hydrogen) atoms. The predicted octanol–water partition coefficient (Wildman–Crippen LogP) is 3.24. The number of phenolic OH excluding ortho intramolecular Hbond substituents is 1. The van der Waals surface area contributed by atoms with Crippen molar-refractivity contribution < 1.29 is 19.4 Å². The monoisotopic (exact) mass is 392 g/mol. The predicted molar refractivity (Wildman–Crippen MR) is 95.2 cm³/mol. The van der Waals surface area contributed by atoms with Gasteiger partial charge in [0.15, 0.2) is 11.5 Å². The number of methoxy groups -OCH3 is 2. The molecule has 0 saturated heterocycles. The Morgan fingerprint density at radius 1 is 1.21 bits per heavy atom. The quantitative estimate of drug-likeness (QED) is 0.604. The van der Waals surface area contributed by atoms with Crippen molar-refractivity contribution in [2.24, 2.45) is 5.10 Å². The first kappa shape index (κ1) is 17.8. The molecule has 0 aliphatic carbocycles. The molecule has 6 nitrogen and oxygen atoms in total. The van der Waals surface area contributed by atoms with Crippen LogP contribution in [0, 0.1) is 6.92 Å². The topological polar surface area (TPSA) is 80.2 Å². The van der Waals surface area contributed by atoms with E-state index in [0.717, 1.165) is 5.56 Å². The van der Waals surface area contributed by atoms with Crippen molar-refractivity contribution in [1.29, 1.82) is 0 Å². The van der Waals surface area contributed by atoms with E-state index in [1.54, 1.807) is 24.3 Å². The third-order valence-electron chi connectivity index (χ3n) is 3.25. The van der Waals surface area contributed by atoms with Gasteiger partial charge in [0, 0.05) is 0 Å². The van der Waals surface area contributed by atoms with Crippen LogP contribution in [0.4, 0.5) is 0 Å². The Morgan fingerprint density at radius 3 is 2.58 bits per heavy atom. The van der Waals surface area contributed by atoms with Gasteiger partial charge in [0.25, 0.3) is 5.91 Å². The second-order valence-electron chi connectivity index (χ2n) is 4.96. The summed E-state index contributed by atoms with van der Waals surface area (Å²) in [4.78, 5) is 12.2. The smallest absolute Gasteiger partial charge is 0.275 e. The summed E-state index contributed by atoms with van der Waals surface area (Å²) in [5.74, 6) is 0.407. The third-order valence-corrected chi connectivity index (χ3v) is 3.86. The minimum atomic E-state index is -0.382. The Morgan fingerprint density at radius 2 is 1.92 bits per heavy atom. The molecular formula is C17H17BrN2O4. The highest BCUT2D eigenvalue weighted by atomic mass is 79.9. The molecule has 0 heterocycles. The van der Waals surface area contributed by atoms with Crippen LogP contribution in [0.25, 0.3) is 0 Å². The van der Waals surface area contributed by atoms with Gasteiger partial charge in [0.2, 0.25) is 0 Å². The average molecular weight is 393 g/mol. The van der Waals surface area contributed by atoms with Gasteiger partial charge in [-0.1, -0.05) is 6.07 Å². The number of ether oxygens (including phenoxy) is 2. The molecule has 0 radical (unpaired) electrons. The van der Waals surface area contributed by atoms with Crippen LogP contribution >= 0.6 is 15.9 Å². The molecule has 0 aliphatic rings. The molecule has 2 rings (SSSR count). The van der Waals surface area contributed by atoms with E-state index < -0.39 is 0 Å². The van der Waals surface area contributed by atoms with Gasteiger partial charge in [-0.2, -0.15) is 5.10 Å². The number of hydrogen-bond donors (Lipinski definition) is 2. The van der Waals surface area contributed by atoms with Gasteiger partial charge in [0.1, 0.15) is 5.75 Å². The molecule has 0 aromatic heterocycles. The number of rotatable bonds is 5. The first-order chi connectivity index (χ1) is 11.5. The summed E-state index contributed by atoms with van der Waals surface area (Å²) in [6.07, 6.45) is 1.45. The molecule has 126 valence electrons. The molecule has 0 fully saturated rings. The van der Waals surface area contributed by atoms with E-state index in [2.05, 4.69) is 26.5 Å². The normalized spacial score (nSPS) is 10.7. The van der Waals surface area contributed by atoms with E-state index in [4.69, 9.17) is 9.47 Å². The van der Waals surface area contributed by atoms with Crippen molar-refractivity contribution in [3.63, 3.8) is 0 Å². The molecule has 0 unspecified atom stereocenters. The zero-order chi connectivity index (χ0) is 17.7. The van der Waals surface area contributed by atoms with Crippen molar-refractivity contribution in [3.8, 4) is 17.2 Å². The van der Waals surface area contributed by atoms with Gasteiger partial charge in [-0.25, -0.2) is 5.43 Å². The van der Waals surface area contributed by atoms with Crippen molar-refractivity contribution in [1.82, 2.24) is 5.43 Å². The van der Waals surface area contributed by atoms with Crippen molar-refractivity contribution >= 4 is 28.1 Å². The summed E-state index contributed by atoms with van der Waals surface area (Å²) in [5, 5.41) is 13.7. The van der Waals surface area contributed by atoms with Gasteiger partial charge in [-0.15, -0.1) is 0 Å². The highest BCUT2D eigenvalue weighted by Crippen LogP contribution is 2.34. The number of hydrazone groups is 1. The summed E-state index contributed by atoms with van der Waals surface area (Å²) < 4.78 is 10.7. The van der Waals surface area contributed by atoms with E-state index in [1.165, 1.54) is 20.4 Å². The molecule has 2 aromatic carbocycles. The number of aryl methyl sites for hydroxylation is 1. The third kappa shape index (κ3) is 4.05. The number of hydrogen-bond acceptors (Lipinski definition) is 5. The molecule has 2 aromatic rings. The minimum absolute atomic E-state index is 0.00285. The van der Waals surface area contributed by atoms with E-state index in [1.807, 2.05) is 13.0 Å². The lowest BCUT2D eigenvalue weighted by molar-refractivity contribution is 0.0952. The van der Waals surface area contributed by atoms with Crippen LogP contribution in [-0.2, 0) is 0 Å². The summed E-state index contributed by atoms with van der Waals surface area (Å²) in [7, 11) is 2.96. The number of benzene rings is 2. The van der Waals surface area contributed by atoms with Crippen LogP contribution in [0.15, 0.2) is 39.9 Å². The lowest BCUT2D eigenvalue weighted by Gasteiger charge is -2.08. The van der Waals surface area contributed by atoms with Crippen LogP contribution in [0.3, 0.4) is 0 Å². The van der Waals surface area contributed by atoms with Gasteiger partial charge in [0.05, 0.1) is 30.5 Å². The van der Waals surface area contributed by atoms with Crippen molar-refractivity contribution in [3.05, 3.63) is 51.5 Å². The second kappa shape index (κ2) is 7.83. The van der Waals surface area contributed by atoms with Crippen LogP contribution in [-0.4, -0.2) is 31.4 Å². The number of phenols is 1. The van der Waals surface area contributed by atoms with Crippen LogP contribution in [0.5, 0.6) is 17.2 Å². The Kier molecular flexibility index (Phi) is 5.81. The standard InChI is InChI=1S/C17H17BrN2O4/c1-10-4-5-12(14(6-10)23-2)17(22)20-19-9-11-7-13(18)16(21)15(8-11)24-3/h4-9,21H,1-3H3,(H,20,22)/b19-9-. The maximum Gasteiger partial charge on any atom is 0.275 e. The molecule has 7 heteroatoms. The Balaban J connectivity index is 2.15. The molecule has 0 atom stereocenters. The minimum Gasteiger partial charge on any atom is -0.503 e. The van der Waals surface area contributed by atoms with E-state index in [9.17, 15) is 9.90 Å².